The maximum atomic E-state index is 14.8. The van der Waals surface area contributed by atoms with E-state index in [0.717, 1.165) is 5.56 Å². The third kappa shape index (κ3) is 10.7. The minimum Gasteiger partial charge on any atom is -0.461 e. The molecule has 15 nitrogen and oxygen atoms in total. The lowest BCUT2D eigenvalue weighted by Gasteiger charge is -2.31. The zero-order valence-corrected chi connectivity index (χ0v) is 35.7. The molecule has 0 radical (unpaired) electrons. The Hall–Kier alpha value is -4.25. The minimum absolute atomic E-state index is 0.0137. The van der Waals surface area contributed by atoms with Crippen molar-refractivity contribution in [3.05, 3.63) is 54.0 Å². The summed E-state index contributed by atoms with van der Waals surface area (Å²) >= 11 is 0. The topological polar surface area (TPSA) is 192 Å². The van der Waals surface area contributed by atoms with Crippen molar-refractivity contribution in [3.63, 3.8) is 0 Å². The molecule has 1 saturated heterocycles. The first-order valence-electron chi connectivity index (χ1n) is 19.7. The number of fused-ring (bicyclic) bond motifs is 1. The lowest BCUT2D eigenvalue weighted by atomic mass is 9.87. The Balaban J connectivity index is 1.47. The van der Waals surface area contributed by atoms with Crippen LogP contribution in [0.5, 0.6) is 5.75 Å². The molecule has 2 fully saturated rings. The highest BCUT2D eigenvalue weighted by Crippen LogP contribution is 2.49. The van der Waals surface area contributed by atoms with Gasteiger partial charge in [-0.3, -0.25) is 18.9 Å². The molecular formula is C40H55F3N5O10P. The molecule has 326 valence electrons. The average molecular weight is 854 g/mol. The van der Waals surface area contributed by atoms with Gasteiger partial charge in [0.1, 0.15) is 41.4 Å². The van der Waals surface area contributed by atoms with Crippen molar-refractivity contribution in [1.82, 2.24) is 19.7 Å². The minimum atomic E-state index is -4.61. The third-order valence-electron chi connectivity index (χ3n) is 10.5. The van der Waals surface area contributed by atoms with Crippen LogP contribution in [0.2, 0.25) is 0 Å². The number of nitrogen functional groups attached to an aromatic ring is 1. The van der Waals surface area contributed by atoms with Gasteiger partial charge in [-0.15, -0.1) is 0 Å². The summed E-state index contributed by atoms with van der Waals surface area (Å²) in [6.45, 7) is 14.9. The first-order valence-corrected chi connectivity index (χ1v) is 21.2. The number of alkyl halides is 3. The van der Waals surface area contributed by atoms with Gasteiger partial charge in [0.25, 0.3) is 0 Å². The molecule has 6 atom stereocenters. The van der Waals surface area contributed by atoms with Crippen LogP contribution in [0, 0.1) is 17.8 Å². The molecule has 1 unspecified atom stereocenters. The monoisotopic (exact) mass is 853 g/mol. The fraction of sp³-hybridized carbons (Fsp3) is 0.625. The maximum absolute atomic E-state index is 14.8. The highest BCUT2D eigenvalue weighted by molar-refractivity contribution is 7.52. The molecule has 59 heavy (non-hydrogen) atoms. The highest BCUT2D eigenvalue weighted by Gasteiger charge is 2.59. The zero-order valence-electron chi connectivity index (χ0n) is 34.8. The van der Waals surface area contributed by atoms with Crippen LogP contribution >= 0.6 is 7.75 Å². The fourth-order valence-electron chi connectivity index (χ4n) is 6.95. The number of esters is 3. The van der Waals surface area contributed by atoms with Gasteiger partial charge in [-0.25, -0.2) is 14.1 Å². The molecule has 3 heterocycles. The van der Waals surface area contributed by atoms with E-state index in [9.17, 15) is 32.1 Å². The van der Waals surface area contributed by atoms with Crippen LogP contribution in [-0.2, 0) is 53.4 Å². The lowest BCUT2D eigenvalue weighted by molar-refractivity contribution is -0.189. The number of nitrogens with zero attached hydrogens (tertiary/aromatic N) is 3. The molecule has 1 saturated carbocycles. The standard InChI is InChI=1S/C40H55F3N5O10P/c1-22(2)35(49)55-32-30(57-39(9,33(32)56-36(50)23(3)4)31-19-18-29-34(44)45-21-46-48(29)31)20-53-59(52,58-28-16-10-25(11-17-28)38(6,7)8)47-24(5)37(51)54-27-14-12-26(13-15-27)40(41,42)43/h10-11,16-19,21-24,26-27,30,32-33H,12-15,20H2,1-9H3,(H,47,52)(H2,44,45,46)/t24-,26-,27-,30+,32+,33+,39-,59?/m0/s1. The van der Waals surface area contributed by atoms with Gasteiger partial charge >= 0.3 is 31.8 Å². The number of hydrogen-bond acceptors (Lipinski definition) is 13. The number of hydrogen-bond donors (Lipinski definition) is 2. The number of ether oxygens (including phenoxy) is 4. The molecule has 0 bridgehead atoms. The summed E-state index contributed by atoms with van der Waals surface area (Å²) in [5, 5.41) is 6.95. The summed E-state index contributed by atoms with van der Waals surface area (Å²) in [5.41, 5.74) is 6.05. The molecule has 1 aromatic carbocycles. The van der Waals surface area contributed by atoms with Crippen molar-refractivity contribution in [1.29, 1.82) is 0 Å². The Morgan fingerprint density at radius 2 is 1.54 bits per heavy atom. The van der Waals surface area contributed by atoms with Crippen LogP contribution in [0.4, 0.5) is 19.0 Å². The van der Waals surface area contributed by atoms with Crippen LogP contribution in [0.3, 0.4) is 0 Å². The average Bonchev–Trinajstić information content (AvgIpc) is 3.70. The number of nitrogens with one attached hydrogen (secondary N) is 1. The number of benzene rings is 1. The van der Waals surface area contributed by atoms with Gasteiger partial charge in [0.2, 0.25) is 0 Å². The van der Waals surface area contributed by atoms with E-state index < -0.39 is 92.3 Å². The Bertz CT molecular complexity index is 2010. The van der Waals surface area contributed by atoms with Gasteiger partial charge in [-0.2, -0.15) is 23.4 Å². The number of carbonyl (C=O) groups excluding carboxylic acids is 3. The highest BCUT2D eigenvalue weighted by atomic mass is 31.2. The van der Waals surface area contributed by atoms with Gasteiger partial charge in [-0.05, 0) is 74.8 Å². The van der Waals surface area contributed by atoms with E-state index >= 15 is 0 Å². The third-order valence-corrected chi connectivity index (χ3v) is 12.2. The number of carbonyl (C=O) groups is 3. The Kier molecular flexibility index (Phi) is 13.8. The van der Waals surface area contributed by atoms with E-state index in [1.165, 1.54) is 17.8 Å². The largest absolute Gasteiger partial charge is 0.461 e. The van der Waals surface area contributed by atoms with Crippen molar-refractivity contribution in [3.8, 4) is 5.75 Å². The van der Waals surface area contributed by atoms with Crippen LogP contribution in [-0.4, -0.2) is 75.7 Å². The quantitative estimate of drug-likeness (QED) is 0.0940. The summed E-state index contributed by atoms with van der Waals surface area (Å²) in [6.07, 6.45) is -8.12. The first-order chi connectivity index (χ1) is 27.4. The lowest BCUT2D eigenvalue weighted by Crippen LogP contribution is -2.46. The van der Waals surface area contributed by atoms with E-state index in [-0.39, 0.29) is 42.7 Å². The first kappa shape index (κ1) is 45.8. The molecule has 2 aliphatic rings. The molecule has 1 aliphatic carbocycles. The molecule has 3 aromatic rings. The van der Waals surface area contributed by atoms with Crippen LogP contribution in [0.1, 0.15) is 99.3 Å². The second kappa shape index (κ2) is 17.8. The Morgan fingerprint density at radius 1 is 0.932 bits per heavy atom. The van der Waals surface area contributed by atoms with Crippen molar-refractivity contribution in [2.24, 2.45) is 17.8 Å². The summed E-state index contributed by atoms with van der Waals surface area (Å²) < 4.78 is 92.3. The van der Waals surface area contributed by atoms with Gasteiger partial charge in [0, 0.05) is 0 Å². The van der Waals surface area contributed by atoms with Crippen molar-refractivity contribution in [2.75, 3.05) is 12.3 Å². The second-order valence-electron chi connectivity index (χ2n) is 17.0. The molecule has 1 aliphatic heterocycles. The zero-order chi connectivity index (χ0) is 43.7. The molecule has 5 rings (SSSR count). The number of anilines is 1. The molecule has 19 heteroatoms. The van der Waals surface area contributed by atoms with Crippen LogP contribution < -0.4 is 15.3 Å². The summed E-state index contributed by atoms with van der Waals surface area (Å²) in [4.78, 5) is 43.9. The van der Waals surface area contributed by atoms with E-state index in [4.69, 9.17) is 33.7 Å². The number of rotatable bonds is 14. The van der Waals surface area contributed by atoms with Crippen LogP contribution in [0.15, 0.2) is 42.7 Å². The Labute approximate surface area is 341 Å². The summed E-state index contributed by atoms with van der Waals surface area (Å²) in [6, 6.07) is 8.71. The van der Waals surface area contributed by atoms with E-state index in [0.29, 0.717) is 11.2 Å². The molecule has 0 spiro atoms. The van der Waals surface area contributed by atoms with E-state index in [2.05, 4.69) is 15.2 Å². The smallest absolute Gasteiger partial charge is 0.459 e. The fourth-order valence-corrected chi connectivity index (χ4v) is 8.45. The Morgan fingerprint density at radius 3 is 2.12 bits per heavy atom. The molecular weight excluding hydrogens is 798 g/mol. The number of halogens is 3. The summed E-state index contributed by atoms with van der Waals surface area (Å²) in [5.74, 6) is -4.57. The van der Waals surface area contributed by atoms with E-state index in [1.807, 2.05) is 20.8 Å². The number of nitrogens with two attached hydrogens (primary N) is 1. The van der Waals surface area contributed by atoms with E-state index in [1.54, 1.807) is 71.0 Å². The predicted molar refractivity (Wildman–Crippen MR) is 209 cm³/mol. The SMILES string of the molecule is CC(C)C(=O)O[C@H]1[C@@H](OC(=O)C(C)C)[C@](C)(c2ccc3c(N)ncnn23)O[C@@H]1COP(=O)(N[C@@H](C)C(=O)O[C@H]1CC[C@H](C(F)(F)F)CC1)Oc1ccc(C(C)(C)C)cc1. The van der Waals surface area contributed by atoms with Crippen molar-refractivity contribution >= 4 is 37.0 Å². The number of aromatic nitrogens is 3. The maximum Gasteiger partial charge on any atom is 0.459 e. The summed E-state index contributed by atoms with van der Waals surface area (Å²) in [7, 11) is -4.61. The predicted octanol–water partition coefficient (Wildman–Crippen LogP) is 7.20. The molecule has 2 aromatic heterocycles. The molecule has 0 amide bonds. The molecule has 3 N–H and O–H groups in total. The second-order valence-corrected chi connectivity index (χ2v) is 18.6. The van der Waals surface area contributed by atoms with Crippen molar-refractivity contribution in [2.45, 2.75) is 136 Å². The normalized spacial score (nSPS) is 25.4. The van der Waals surface area contributed by atoms with Gasteiger partial charge in [-0.1, -0.05) is 60.6 Å². The van der Waals surface area contributed by atoms with Gasteiger partial charge in [0.15, 0.2) is 18.0 Å². The van der Waals surface area contributed by atoms with Crippen LogP contribution in [0.25, 0.3) is 5.52 Å². The van der Waals surface area contributed by atoms with Crippen molar-refractivity contribution < 1.29 is 60.1 Å². The van der Waals surface area contributed by atoms with Gasteiger partial charge in [0.05, 0.1) is 30.1 Å². The van der Waals surface area contributed by atoms with Gasteiger partial charge < -0.3 is 29.2 Å².